The summed E-state index contributed by atoms with van der Waals surface area (Å²) in [7, 11) is 0. The maximum atomic E-state index is 13.9. The smallest absolute Gasteiger partial charge is 0.258 e. The SMILES string of the molecule is O=C(c1c(F)cccc1Cl)N1CCOC(COc2ccc(F)cc2)C1. The number of benzene rings is 2. The first-order valence-corrected chi connectivity index (χ1v) is 8.15. The minimum absolute atomic E-state index is 0.0793. The molecule has 0 aliphatic carbocycles. The van der Waals surface area contributed by atoms with E-state index in [0.29, 0.717) is 18.9 Å². The molecule has 2 aromatic rings. The first kappa shape index (κ1) is 17.6. The van der Waals surface area contributed by atoms with Crippen molar-refractivity contribution < 1.29 is 23.0 Å². The summed E-state index contributed by atoms with van der Waals surface area (Å²) in [4.78, 5) is 14.1. The van der Waals surface area contributed by atoms with E-state index in [2.05, 4.69) is 0 Å². The summed E-state index contributed by atoms with van der Waals surface area (Å²) in [6, 6.07) is 9.76. The third-order valence-corrected chi connectivity index (χ3v) is 4.17. The van der Waals surface area contributed by atoms with Crippen LogP contribution in [0.4, 0.5) is 8.78 Å². The Kier molecular flexibility index (Phi) is 5.50. The van der Waals surface area contributed by atoms with Gasteiger partial charge in [-0.2, -0.15) is 0 Å². The summed E-state index contributed by atoms with van der Waals surface area (Å²) < 4.78 is 38.0. The van der Waals surface area contributed by atoms with Crippen LogP contribution in [-0.2, 0) is 4.74 Å². The van der Waals surface area contributed by atoms with Gasteiger partial charge in [0.1, 0.15) is 30.1 Å². The van der Waals surface area contributed by atoms with Crippen molar-refractivity contribution in [3.8, 4) is 5.75 Å². The first-order valence-electron chi connectivity index (χ1n) is 7.78. The lowest BCUT2D eigenvalue weighted by Crippen LogP contribution is -2.47. The lowest BCUT2D eigenvalue weighted by molar-refractivity contribution is -0.0402. The molecule has 0 N–H and O–H groups in total. The quantitative estimate of drug-likeness (QED) is 0.829. The van der Waals surface area contributed by atoms with E-state index in [-0.39, 0.29) is 35.7 Å². The Morgan fingerprint density at radius 1 is 1.24 bits per heavy atom. The zero-order valence-corrected chi connectivity index (χ0v) is 14.0. The van der Waals surface area contributed by atoms with Crippen LogP contribution >= 0.6 is 11.6 Å². The number of carbonyl (C=O) groups is 1. The number of amides is 1. The van der Waals surface area contributed by atoms with Gasteiger partial charge in [-0.15, -0.1) is 0 Å². The summed E-state index contributed by atoms with van der Waals surface area (Å²) in [5, 5.41) is 0.0793. The molecule has 0 radical (unpaired) electrons. The van der Waals surface area contributed by atoms with E-state index < -0.39 is 11.7 Å². The molecule has 0 spiro atoms. The van der Waals surface area contributed by atoms with Gasteiger partial charge in [-0.05, 0) is 36.4 Å². The Bertz CT molecular complexity index is 734. The van der Waals surface area contributed by atoms with E-state index in [9.17, 15) is 13.6 Å². The van der Waals surface area contributed by atoms with Crippen molar-refractivity contribution in [1.29, 1.82) is 0 Å². The van der Waals surface area contributed by atoms with Gasteiger partial charge in [0.2, 0.25) is 0 Å². The van der Waals surface area contributed by atoms with Crippen LogP contribution < -0.4 is 4.74 Å². The van der Waals surface area contributed by atoms with Gasteiger partial charge in [0.25, 0.3) is 5.91 Å². The molecule has 25 heavy (non-hydrogen) atoms. The largest absolute Gasteiger partial charge is 0.491 e. The highest BCUT2D eigenvalue weighted by Gasteiger charge is 2.28. The number of hydrogen-bond acceptors (Lipinski definition) is 3. The zero-order valence-electron chi connectivity index (χ0n) is 13.3. The monoisotopic (exact) mass is 367 g/mol. The van der Waals surface area contributed by atoms with Crippen molar-refractivity contribution in [2.45, 2.75) is 6.10 Å². The van der Waals surface area contributed by atoms with Crippen LogP contribution in [0.2, 0.25) is 5.02 Å². The normalized spacial score (nSPS) is 17.4. The van der Waals surface area contributed by atoms with Gasteiger partial charge in [-0.25, -0.2) is 8.78 Å². The van der Waals surface area contributed by atoms with Crippen molar-refractivity contribution >= 4 is 17.5 Å². The zero-order chi connectivity index (χ0) is 17.8. The number of morpholine rings is 1. The number of hydrogen-bond donors (Lipinski definition) is 0. The van der Waals surface area contributed by atoms with Crippen molar-refractivity contribution in [2.24, 2.45) is 0 Å². The maximum Gasteiger partial charge on any atom is 0.258 e. The van der Waals surface area contributed by atoms with E-state index in [0.717, 1.165) is 0 Å². The topological polar surface area (TPSA) is 38.8 Å². The van der Waals surface area contributed by atoms with Crippen molar-refractivity contribution in [2.75, 3.05) is 26.3 Å². The molecule has 1 fully saturated rings. The molecule has 1 aliphatic heterocycles. The predicted octanol–water partition coefficient (Wildman–Crippen LogP) is 3.54. The Balaban J connectivity index is 1.62. The van der Waals surface area contributed by atoms with E-state index in [1.165, 1.54) is 47.4 Å². The molecule has 1 aliphatic rings. The molecule has 132 valence electrons. The number of carbonyl (C=O) groups excluding carboxylic acids is 1. The van der Waals surface area contributed by atoms with Gasteiger partial charge in [-0.3, -0.25) is 4.79 Å². The van der Waals surface area contributed by atoms with Crippen LogP contribution in [0.25, 0.3) is 0 Å². The molecule has 0 saturated carbocycles. The molecule has 1 unspecified atom stereocenters. The number of rotatable bonds is 4. The first-order chi connectivity index (χ1) is 12.0. The summed E-state index contributed by atoms with van der Waals surface area (Å²) in [6.45, 7) is 1.11. The second-order valence-electron chi connectivity index (χ2n) is 5.61. The van der Waals surface area contributed by atoms with Crippen LogP contribution in [-0.4, -0.2) is 43.2 Å². The average Bonchev–Trinajstić information content (AvgIpc) is 2.61. The van der Waals surface area contributed by atoms with Crippen molar-refractivity contribution in [1.82, 2.24) is 4.90 Å². The minimum Gasteiger partial charge on any atom is -0.491 e. The third-order valence-electron chi connectivity index (χ3n) is 3.85. The Morgan fingerprint density at radius 3 is 2.72 bits per heavy atom. The summed E-state index contributed by atoms with van der Waals surface area (Å²) in [5.41, 5.74) is -0.135. The third kappa shape index (κ3) is 4.27. The number of nitrogens with zero attached hydrogens (tertiary/aromatic N) is 1. The van der Waals surface area contributed by atoms with Gasteiger partial charge in [0, 0.05) is 6.54 Å². The number of halogens is 3. The molecule has 0 aromatic heterocycles. The van der Waals surface area contributed by atoms with E-state index in [1.807, 2.05) is 0 Å². The van der Waals surface area contributed by atoms with Crippen LogP contribution in [0.5, 0.6) is 5.75 Å². The predicted molar refractivity (Wildman–Crippen MR) is 88.9 cm³/mol. The van der Waals surface area contributed by atoms with Gasteiger partial charge < -0.3 is 14.4 Å². The van der Waals surface area contributed by atoms with Crippen LogP contribution in [0, 0.1) is 11.6 Å². The highest BCUT2D eigenvalue weighted by Crippen LogP contribution is 2.22. The second kappa shape index (κ2) is 7.80. The average molecular weight is 368 g/mol. The van der Waals surface area contributed by atoms with Crippen LogP contribution in [0.15, 0.2) is 42.5 Å². The summed E-state index contributed by atoms with van der Waals surface area (Å²) in [5.74, 6) is -0.966. The molecule has 3 rings (SSSR count). The fourth-order valence-corrected chi connectivity index (χ4v) is 2.83. The number of ether oxygens (including phenoxy) is 2. The van der Waals surface area contributed by atoms with Gasteiger partial charge >= 0.3 is 0 Å². The molecule has 1 amide bonds. The molecule has 1 heterocycles. The lowest BCUT2D eigenvalue weighted by atomic mass is 10.1. The van der Waals surface area contributed by atoms with E-state index in [4.69, 9.17) is 21.1 Å². The van der Waals surface area contributed by atoms with Crippen LogP contribution in [0.1, 0.15) is 10.4 Å². The van der Waals surface area contributed by atoms with Crippen molar-refractivity contribution in [3.05, 3.63) is 64.7 Å². The maximum absolute atomic E-state index is 13.9. The Morgan fingerprint density at radius 2 is 2.00 bits per heavy atom. The Labute approximate surface area is 148 Å². The van der Waals surface area contributed by atoms with Crippen LogP contribution in [0.3, 0.4) is 0 Å². The van der Waals surface area contributed by atoms with E-state index in [1.54, 1.807) is 0 Å². The summed E-state index contributed by atoms with van der Waals surface area (Å²) >= 11 is 5.96. The van der Waals surface area contributed by atoms with Gasteiger partial charge in [0.15, 0.2) is 0 Å². The minimum atomic E-state index is -0.650. The van der Waals surface area contributed by atoms with Crippen molar-refractivity contribution in [3.63, 3.8) is 0 Å². The highest BCUT2D eigenvalue weighted by molar-refractivity contribution is 6.33. The molecule has 1 atom stereocenters. The molecule has 4 nitrogen and oxygen atoms in total. The van der Waals surface area contributed by atoms with E-state index >= 15 is 0 Å². The molecule has 0 bridgehead atoms. The fraction of sp³-hybridized carbons (Fsp3) is 0.278. The lowest BCUT2D eigenvalue weighted by Gasteiger charge is -2.33. The molecular formula is C18H16ClF2NO3. The fourth-order valence-electron chi connectivity index (χ4n) is 2.58. The Hall–Kier alpha value is -2.18. The molecule has 7 heteroatoms. The molecule has 1 saturated heterocycles. The molecular weight excluding hydrogens is 352 g/mol. The molecule has 2 aromatic carbocycles. The van der Waals surface area contributed by atoms with Gasteiger partial charge in [-0.1, -0.05) is 17.7 Å². The van der Waals surface area contributed by atoms with Gasteiger partial charge in [0.05, 0.1) is 23.7 Å². The standard InChI is InChI=1S/C18H16ClF2NO3/c19-15-2-1-3-16(21)17(15)18(23)22-8-9-24-14(10-22)11-25-13-6-4-12(20)5-7-13/h1-7,14H,8-11H2. The summed E-state index contributed by atoms with van der Waals surface area (Å²) in [6.07, 6.45) is -0.367. The second-order valence-corrected chi connectivity index (χ2v) is 6.01. The highest BCUT2D eigenvalue weighted by atomic mass is 35.5.